The van der Waals surface area contributed by atoms with Crippen LogP contribution < -0.4 is 4.74 Å². The van der Waals surface area contributed by atoms with Crippen LogP contribution in [0.4, 0.5) is 0 Å². The van der Waals surface area contributed by atoms with Crippen LogP contribution in [-0.2, 0) is 26.2 Å². The molecule has 0 radical (unpaired) electrons. The molecule has 2 bridgehead atoms. The van der Waals surface area contributed by atoms with E-state index >= 15 is 0 Å². The molecule has 1 saturated carbocycles. The summed E-state index contributed by atoms with van der Waals surface area (Å²) < 4.78 is 12.8. The first-order valence-corrected chi connectivity index (χ1v) is 16.6. The number of nitrogens with zero attached hydrogens (tertiary/aromatic N) is 2. The zero-order chi connectivity index (χ0) is 32.0. The van der Waals surface area contributed by atoms with Crippen molar-refractivity contribution in [3.63, 3.8) is 0 Å². The van der Waals surface area contributed by atoms with E-state index < -0.39 is 0 Å². The fourth-order valence-corrected chi connectivity index (χ4v) is 8.92. The smallest absolute Gasteiger partial charge is 0.303 e. The number of phenolic OH excluding ortho intramolecular Hbond substituents is 1. The molecule has 2 aliphatic carbocycles. The van der Waals surface area contributed by atoms with E-state index in [4.69, 9.17) is 9.47 Å². The first-order valence-electron chi connectivity index (χ1n) is 16.6. The molecule has 3 aromatic rings. The van der Waals surface area contributed by atoms with Crippen molar-refractivity contribution < 1.29 is 24.2 Å². The number of amides is 1. The first-order chi connectivity index (χ1) is 22.3. The molecule has 7 nitrogen and oxygen atoms in total. The fraction of sp³-hybridized carbons (Fsp3) is 0.436. The van der Waals surface area contributed by atoms with Crippen molar-refractivity contribution in [3.05, 3.63) is 95.1 Å². The standard InChI is InChI=1S/C39H42N2O5/c1-25(2)23-41(35(44)19-14-27-10-6-4-7-11-27)31-17-16-30-32-22-29-15-18-33(43)37-36(29)39(30,38(31)46-37)20-21-40(32)24-34(45-26(3)42)28-12-8-5-9-13-28/h4-13,15,18,25,30-32,34,38,43H,16-17,20-24H2,1-3H3/t30-,31+,32+,34?,38-,39-/m0/s1. The van der Waals surface area contributed by atoms with E-state index in [-0.39, 0.29) is 59.2 Å². The number of benzene rings is 3. The monoisotopic (exact) mass is 618 g/mol. The summed E-state index contributed by atoms with van der Waals surface area (Å²) in [5, 5.41) is 11.1. The number of hydrogen-bond donors (Lipinski definition) is 1. The van der Waals surface area contributed by atoms with Crippen LogP contribution >= 0.6 is 0 Å². The molecule has 46 heavy (non-hydrogen) atoms. The number of rotatable bonds is 7. The zero-order valence-corrected chi connectivity index (χ0v) is 26.8. The lowest BCUT2D eigenvalue weighted by molar-refractivity contribution is -0.151. The van der Waals surface area contributed by atoms with Crippen molar-refractivity contribution in [3.8, 4) is 23.3 Å². The highest BCUT2D eigenvalue weighted by molar-refractivity contribution is 5.94. The van der Waals surface area contributed by atoms with Crippen LogP contribution in [0.5, 0.6) is 11.5 Å². The van der Waals surface area contributed by atoms with Crippen molar-refractivity contribution in [2.24, 2.45) is 11.8 Å². The van der Waals surface area contributed by atoms with Gasteiger partial charge in [-0.2, -0.15) is 0 Å². The SMILES string of the molecule is CC(=O)OC(CN1CC[C@]23c4c5ccc(O)c4O[C@H]2[C@H](N(CC(C)C)C(=O)C#Cc2ccccc2)CC[C@H]3[C@H]1C5)c1ccccc1. The first kappa shape index (κ1) is 30.4. The number of likely N-dealkylation sites (tertiary alicyclic amines) is 1. The van der Waals surface area contributed by atoms with Gasteiger partial charge in [-0.05, 0) is 73.4 Å². The molecule has 2 fully saturated rings. The summed E-state index contributed by atoms with van der Waals surface area (Å²) in [6, 6.07) is 23.5. The highest BCUT2D eigenvalue weighted by Gasteiger charge is 2.66. The molecule has 6 atom stereocenters. The molecule has 4 aliphatic rings. The van der Waals surface area contributed by atoms with Crippen molar-refractivity contribution >= 4 is 11.9 Å². The number of esters is 1. The highest BCUT2D eigenvalue weighted by atomic mass is 16.5. The molecular formula is C39H42N2O5. The number of aromatic hydroxyl groups is 1. The molecular weight excluding hydrogens is 576 g/mol. The molecule has 0 aromatic heterocycles. The summed E-state index contributed by atoms with van der Waals surface area (Å²) in [4.78, 5) is 30.6. The third kappa shape index (κ3) is 5.23. The van der Waals surface area contributed by atoms with Crippen molar-refractivity contribution in [1.82, 2.24) is 9.80 Å². The molecule has 1 spiro atoms. The second-order valence-electron chi connectivity index (χ2n) is 13.8. The minimum Gasteiger partial charge on any atom is -0.504 e. The Labute approximate surface area is 271 Å². The van der Waals surface area contributed by atoms with Gasteiger partial charge in [-0.1, -0.05) is 74.4 Å². The summed E-state index contributed by atoms with van der Waals surface area (Å²) in [7, 11) is 0. The van der Waals surface area contributed by atoms with Gasteiger partial charge in [0.2, 0.25) is 0 Å². The Morgan fingerprint density at radius 3 is 2.52 bits per heavy atom. The Morgan fingerprint density at radius 2 is 1.80 bits per heavy atom. The second kappa shape index (κ2) is 12.1. The van der Waals surface area contributed by atoms with E-state index in [2.05, 4.69) is 36.7 Å². The number of piperidine rings is 1. The average Bonchev–Trinajstić information content (AvgIpc) is 3.40. The molecule has 1 unspecified atom stereocenters. The molecule has 3 aromatic carbocycles. The molecule has 2 heterocycles. The van der Waals surface area contributed by atoms with Crippen LogP contribution in [0.25, 0.3) is 0 Å². The average molecular weight is 619 g/mol. The normalized spacial score (nSPS) is 26.3. The van der Waals surface area contributed by atoms with Crippen LogP contribution in [0.2, 0.25) is 0 Å². The second-order valence-corrected chi connectivity index (χ2v) is 13.8. The van der Waals surface area contributed by atoms with Gasteiger partial charge in [0.1, 0.15) is 12.2 Å². The minimum atomic E-state index is -0.362. The lowest BCUT2D eigenvalue weighted by Gasteiger charge is -2.60. The molecule has 2 aliphatic heterocycles. The van der Waals surface area contributed by atoms with Crippen molar-refractivity contribution in [2.45, 2.75) is 76.2 Å². The van der Waals surface area contributed by atoms with Crippen LogP contribution in [0, 0.1) is 23.7 Å². The maximum absolute atomic E-state index is 13.9. The summed E-state index contributed by atoms with van der Waals surface area (Å²) in [6.07, 6.45) is 2.76. The lowest BCUT2D eigenvalue weighted by atomic mass is 9.51. The van der Waals surface area contributed by atoms with Gasteiger partial charge in [0.05, 0.1) is 6.04 Å². The largest absolute Gasteiger partial charge is 0.504 e. The Kier molecular flexibility index (Phi) is 8.02. The van der Waals surface area contributed by atoms with E-state index in [0.717, 1.165) is 48.9 Å². The van der Waals surface area contributed by atoms with Crippen LogP contribution in [0.1, 0.15) is 68.4 Å². The fourth-order valence-electron chi connectivity index (χ4n) is 8.92. The Bertz CT molecular complexity index is 1680. The molecule has 7 heteroatoms. The van der Waals surface area contributed by atoms with Crippen molar-refractivity contribution in [1.29, 1.82) is 0 Å². The third-order valence-electron chi connectivity index (χ3n) is 10.6. The van der Waals surface area contributed by atoms with Crippen LogP contribution in [0.15, 0.2) is 72.8 Å². The topological polar surface area (TPSA) is 79.3 Å². The van der Waals surface area contributed by atoms with Crippen molar-refractivity contribution in [2.75, 3.05) is 19.6 Å². The maximum atomic E-state index is 13.9. The Hall–Kier alpha value is -4.28. The van der Waals surface area contributed by atoms with Crippen LogP contribution in [0.3, 0.4) is 0 Å². The van der Waals surface area contributed by atoms with Gasteiger partial charge in [-0.3, -0.25) is 14.5 Å². The van der Waals surface area contributed by atoms with Gasteiger partial charge in [-0.25, -0.2) is 0 Å². The summed E-state index contributed by atoms with van der Waals surface area (Å²) >= 11 is 0. The molecule has 1 amide bonds. The van der Waals surface area contributed by atoms with Gasteiger partial charge >= 0.3 is 5.97 Å². The van der Waals surface area contributed by atoms with Gasteiger partial charge in [-0.15, -0.1) is 0 Å². The third-order valence-corrected chi connectivity index (χ3v) is 10.6. The van der Waals surface area contributed by atoms with E-state index in [0.29, 0.717) is 18.8 Å². The number of carbonyl (C=O) groups is 2. The minimum absolute atomic E-state index is 0.167. The molecule has 7 rings (SSSR count). The number of hydrogen-bond acceptors (Lipinski definition) is 6. The van der Waals surface area contributed by atoms with E-state index in [1.165, 1.54) is 12.5 Å². The number of phenols is 1. The zero-order valence-electron chi connectivity index (χ0n) is 26.8. The van der Waals surface area contributed by atoms with Gasteiger partial charge < -0.3 is 19.5 Å². The lowest BCUT2D eigenvalue weighted by Crippen LogP contribution is -2.69. The van der Waals surface area contributed by atoms with E-state index in [9.17, 15) is 14.7 Å². The number of carbonyl (C=O) groups excluding carboxylic acids is 2. The number of ether oxygens (including phenoxy) is 2. The van der Waals surface area contributed by atoms with E-state index in [1.54, 1.807) is 6.07 Å². The summed E-state index contributed by atoms with van der Waals surface area (Å²) in [5.41, 5.74) is 3.84. The Morgan fingerprint density at radius 1 is 1.07 bits per heavy atom. The van der Waals surface area contributed by atoms with Gasteiger partial charge in [0, 0.05) is 48.5 Å². The highest BCUT2D eigenvalue weighted by Crippen LogP contribution is 2.64. The van der Waals surface area contributed by atoms with Gasteiger partial charge in [0.15, 0.2) is 11.5 Å². The predicted molar refractivity (Wildman–Crippen MR) is 175 cm³/mol. The summed E-state index contributed by atoms with van der Waals surface area (Å²) in [6.45, 7) is 7.73. The maximum Gasteiger partial charge on any atom is 0.303 e. The van der Waals surface area contributed by atoms with Gasteiger partial charge in [0.25, 0.3) is 5.91 Å². The molecule has 1 N–H and O–H groups in total. The van der Waals surface area contributed by atoms with E-state index in [1.807, 2.05) is 65.6 Å². The summed E-state index contributed by atoms with van der Waals surface area (Å²) in [5.74, 6) is 6.86. The molecule has 238 valence electrons. The predicted octanol–water partition coefficient (Wildman–Crippen LogP) is 5.64. The molecule has 1 saturated heterocycles. The Balaban J connectivity index is 1.24. The van der Waals surface area contributed by atoms with Crippen LogP contribution in [-0.4, -0.2) is 64.6 Å². The quantitative estimate of drug-likeness (QED) is 0.273.